The van der Waals surface area contributed by atoms with Gasteiger partial charge in [-0.1, -0.05) is 12.1 Å². The first-order chi connectivity index (χ1) is 12.8. The van der Waals surface area contributed by atoms with Crippen LogP contribution in [0.5, 0.6) is 0 Å². The summed E-state index contributed by atoms with van der Waals surface area (Å²) in [6, 6.07) is 10.3. The molecule has 1 fully saturated rings. The molecule has 1 aromatic carbocycles. The number of anilines is 1. The van der Waals surface area contributed by atoms with Gasteiger partial charge < -0.3 is 5.32 Å². The molecular weight excluding hydrogens is 368 g/mol. The number of sulfone groups is 1. The first kappa shape index (κ1) is 19.2. The summed E-state index contributed by atoms with van der Waals surface area (Å²) in [6.07, 6.45) is 4.38. The Balaban J connectivity index is 1.68. The fourth-order valence-electron chi connectivity index (χ4n) is 3.30. The zero-order valence-electron chi connectivity index (χ0n) is 15.0. The van der Waals surface area contributed by atoms with E-state index in [1.807, 2.05) is 18.2 Å². The maximum absolute atomic E-state index is 11.9. The molecule has 1 aliphatic heterocycles. The number of hydrogen-bond acceptors (Lipinski definition) is 7. The normalized spacial score (nSPS) is 16.2. The molecule has 2 heterocycles. The van der Waals surface area contributed by atoms with Gasteiger partial charge in [0.25, 0.3) is 0 Å². The second-order valence-electron chi connectivity index (χ2n) is 6.70. The summed E-state index contributed by atoms with van der Waals surface area (Å²) >= 11 is 0. The number of likely N-dealkylation sites (tertiary alicyclic amines) is 1. The molecule has 27 heavy (non-hydrogen) atoms. The summed E-state index contributed by atoms with van der Waals surface area (Å²) < 4.78 is 23.7. The molecule has 0 aliphatic carbocycles. The number of nitrogens with one attached hydrogen (secondary N) is 1. The fourth-order valence-corrected chi connectivity index (χ4v) is 4.16. The number of nitro benzene ring substituents is 1. The summed E-state index contributed by atoms with van der Waals surface area (Å²) in [4.78, 5) is 17.2. The second kappa shape index (κ2) is 8.01. The van der Waals surface area contributed by atoms with E-state index in [2.05, 4.69) is 15.2 Å². The van der Waals surface area contributed by atoms with Crippen LogP contribution in [0.25, 0.3) is 0 Å². The third kappa shape index (κ3) is 4.81. The van der Waals surface area contributed by atoms with Crippen LogP contribution in [-0.2, 0) is 16.4 Å². The quantitative estimate of drug-likeness (QED) is 0.596. The van der Waals surface area contributed by atoms with E-state index in [0.717, 1.165) is 44.4 Å². The van der Waals surface area contributed by atoms with Crippen LogP contribution in [0.3, 0.4) is 0 Å². The molecule has 1 aliphatic rings. The standard InChI is InChI=1S/C18H22N4O4S/c1-27(25,26)17-7-4-6-16(18(17)22(23)24)20-14-8-11-21(12-9-14)13-15-5-2-3-10-19-15/h2-7,10,14,20H,8-9,11-13H2,1H3. The molecular formula is C18H22N4O4S. The summed E-state index contributed by atoms with van der Waals surface area (Å²) in [5.74, 6) is 0. The number of aromatic nitrogens is 1. The van der Waals surface area contributed by atoms with Crippen LogP contribution in [0, 0.1) is 10.1 Å². The molecule has 1 aromatic heterocycles. The molecule has 0 radical (unpaired) electrons. The van der Waals surface area contributed by atoms with Gasteiger partial charge in [0.15, 0.2) is 9.84 Å². The minimum absolute atomic E-state index is 0.0542. The van der Waals surface area contributed by atoms with Gasteiger partial charge in [-0.15, -0.1) is 0 Å². The van der Waals surface area contributed by atoms with E-state index in [9.17, 15) is 18.5 Å². The predicted molar refractivity (Wildman–Crippen MR) is 102 cm³/mol. The van der Waals surface area contributed by atoms with E-state index in [1.165, 1.54) is 12.1 Å². The van der Waals surface area contributed by atoms with Crippen LogP contribution >= 0.6 is 0 Å². The molecule has 144 valence electrons. The summed E-state index contributed by atoms with van der Waals surface area (Å²) in [5, 5.41) is 14.7. The van der Waals surface area contributed by atoms with Gasteiger partial charge in [0.05, 0.1) is 10.6 Å². The topological polar surface area (TPSA) is 105 Å². The molecule has 1 N–H and O–H groups in total. The molecule has 2 aromatic rings. The highest BCUT2D eigenvalue weighted by Gasteiger charge is 2.28. The molecule has 8 nitrogen and oxygen atoms in total. The van der Waals surface area contributed by atoms with Crippen LogP contribution in [0.2, 0.25) is 0 Å². The Morgan fingerprint density at radius 3 is 2.56 bits per heavy atom. The van der Waals surface area contributed by atoms with Gasteiger partial charge in [-0.3, -0.25) is 20.0 Å². The molecule has 0 bridgehead atoms. The first-order valence-electron chi connectivity index (χ1n) is 8.71. The fraction of sp³-hybridized carbons (Fsp3) is 0.389. The second-order valence-corrected chi connectivity index (χ2v) is 8.68. The number of benzene rings is 1. The Morgan fingerprint density at radius 1 is 1.22 bits per heavy atom. The van der Waals surface area contributed by atoms with Crippen molar-refractivity contribution in [1.82, 2.24) is 9.88 Å². The van der Waals surface area contributed by atoms with Crippen LogP contribution in [0.15, 0.2) is 47.5 Å². The summed E-state index contributed by atoms with van der Waals surface area (Å²) in [5.41, 5.74) is 0.891. The molecule has 1 saturated heterocycles. The lowest BCUT2D eigenvalue weighted by molar-refractivity contribution is -0.386. The van der Waals surface area contributed by atoms with Crippen LogP contribution in [-0.4, -0.2) is 48.6 Å². The summed E-state index contributed by atoms with van der Waals surface area (Å²) in [6.45, 7) is 2.46. The zero-order valence-corrected chi connectivity index (χ0v) is 15.9. The van der Waals surface area contributed by atoms with Gasteiger partial charge >= 0.3 is 5.69 Å². The highest BCUT2D eigenvalue weighted by molar-refractivity contribution is 7.90. The van der Waals surface area contributed by atoms with E-state index < -0.39 is 14.8 Å². The Kier molecular flexibility index (Phi) is 5.71. The molecule has 0 atom stereocenters. The minimum Gasteiger partial charge on any atom is -0.377 e. The average Bonchev–Trinajstić information content (AvgIpc) is 2.63. The van der Waals surface area contributed by atoms with E-state index in [4.69, 9.17) is 0 Å². The maximum Gasteiger partial charge on any atom is 0.310 e. The van der Waals surface area contributed by atoms with Crippen molar-refractivity contribution in [2.24, 2.45) is 0 Å². The third-order valence-corrected chi connectivity index (χ3v) is 5.77. The van der Waals surface area contributed by atoms with Gasteiger partial charge in [0.2, 0.25) is 0 Å². The number of hydrogen-bond donors (Lipinski definition) is 1. The zero-order chi connectivity index (χ0) is 19.4. The predicted octanol–water partition coefficient (Wildman–Crippen LogP) is 2.47. The SMILES string of the molecule is CS(=O)(=O)c1cccc(NC2CCN(Cc3ccccn3)CC2)c1[N+](=O)[O-]. The largest absolute Gasteiger partial charge is 0.377 e. The Bertz CT molecular complexity index is 910. The van der Waals surface area contributed by atoms with Crippen molar-refractivity contribution in [3.63, 3.8) is 0 Å². The van der Waals surface area contributed by atoms with Crippen molar-refractivity contribution in [1.29, 1.82) is 0 Å². The monoisotopic (exact) mass is 390 g/mol. The van der Waals surface area contributed by atoms with Crippen molar-refractivity contribution < 1.29 is 13.3 Å². The van der Waals surface area contributed by atoms with Gasteiger partial charge in [-0.2, -0.15) is 0 Å². The number of piperidine rings is 1. The van der Waals surface area contributed by atoms with E-state index in [-0.39, 0.29) is 22.3 Å². The molecule has 0 spiro atoms. The van der Waals surface area contributed by atoms with Crippen LogP contribution < -0.4 is 5.32 Å². The minimum atomic E-state index is -3.68. The molecule has 0 amide bonds. The van der Waals surface area contributed by atoms with Crippen molar-refractivity contribution in [3.8, 4) is 0 Å². The Hall–Kier alpha value is -2.52. The lowest BCUT2D eigenvalue weighted by Crippen LogP contribution is -2.38. The van der Waals surface area contributed by atoms with Crippen molar-refractivity contribution in [2.45, 2.75) is 30.3 Å². The molecule has 0 saturated carbocycles. The van der Waals surface area contributed by atoms with Crippen molar-refractivity contribution >= 4 is 21.2 Å². The van der Waals surface area contributed by atoms with Crippen LogP contribution in [0.4, 0.5) is 11.4 Å². The number of nitrogens with zero attached hydrogens (tertiary/aromatic N) is 3. The third-order valence-electron chi connectivity index (χ3n) is 4.64. The van der Waals surface area contributed by atoms with E-state index >= 15 is 0 Å². The molecule has 3 rings (SSSR count). The Labute approximate surface area is 158 Å². The van der Waals surface area contributed by atoms with Gasteiger partial charge in [-0.25, -0.2) is 8.42 Å². The average molecular weight is 390 g/mol. The lowest BCUT2D eigenvalue weighted by atomic mass is 10.0. The highest BCUT2D eigenvalue weighted by atomic mass is 32.2. The number of pyridine rings is 1. The van der Waals surface area contributed by atoms with E-state index in [0.29, 0.717) is 0 Å². The van der Waals surface area contributed by atoms with Crippen molar-refractivity contribution in [3.05, 3.63) is 58.4 Å². The smallest absolute Gasteiger partial charge is 0.310 e. The number of para-hydroxylation sites is 1. The molecule has 9 heteroatoms. The maximum atomic E-state index is 11.9. The van der Waals surface area contributed by atoms with Crippen LogP contribution in [0.1, 0.15) is 18.5 Å². The van der Waals surface area contributed by atoms with Gasteiger partial charge in [-0.05, 0) is 37.1 Å². The molecule has 0 unspecified atom stereocenters. The number of rotatable bonds is 6. The Morgan fingerprint density at radius 2 is 1.96 bits per heavy atom. The van der Waals surface area contributed by atoms with Crippen molar-refractivity contribution in [2.75, 3.05) is 24.7 Å². The van der Waals surface area contributed by atoms with E-state index in [1.54, 1.807) is 12.3 Å². The first-order valence-corrected chi connectivity index (χ1v) is 10.6. The van der Waals surface area contributed by atoms with Gasteiger partial charge in [0.1, 0.15) is 10.6 Å². The number of nitro groups is 1. The highest BCUT2D eigenvalue weighted by Crippen LogP contribution is 2.33. The van der Waals surface area contributed by atoms with Gasteiger partial charge in [0, 0.05) is 38.1 Å². The lowest BCUT2D eigenvalue weighted by Gasteiger charge is -2.32. The summed E-state index contributed by atoms with van der Waals surface area (Å²) in [7, 11) is -3.68.